The second-order valence-electron chi connectivity index (χ2n) is 5.19. The summed E-state index contributed by atoms with van der Waals surface area (Å²) in [6.07, 6.45) is 2.63. The lowest BCUT2D eigenvalue weighted by Gasteiger charge is -2.11. The molecular formula is C17H18BrNOS. The summed E-state index contributed by atoms with van der Waals surface area (Å²) < 4.78 is 6.41. The maximum absolute atomic E-state index is 5.30. The molecule has 0 aliphatic heterocycles. The highest BCUT2D eigenvalue weighted by Gasteiger charge is 2.20. The third-order valence-corrected chi connectivity index (χ3v) is 5.04. The molecule has 0 saturated heterocycles. The fraction of sp³-hybridized carbons (Fsp3) is 0.294. The Hall–Kier alpha value is -0.970. The number of nitrogens with one attached hydrogen (secondary N) is 1. The Balaban J connectivity index is 1.79. The Morgan fingerprint density at radius 3 is 2.86 bits per heavy atom. The molecule has 1 saturated carbocycles. The van der Waals surface area contributed by atoms with E-state index >= 15 is 0 Å². The highest BCUT2D eigenvalue weighted by Crippen LogP contribution is 2.34. The molecule has 1 fully saturated rings. The van der Waals surface area contributed by atoms with Crippen LogP contribution in [0.5, 0.6) is 5.75 Å². The van der Waals surface area contributed by atoms with Gasteiger partial charge >= 0.3 is 0 Å². The third-order valence-electron chi connectivity index (χ3n) is 3.46. The highest BCUT2D eigenvalue weighted by atomic mass is 79.9. The number of methoxy groups -OCH3 is 1. The zero-order valence-electron chi connectivity index (χ0n) is 11.9. The lowest BCUT2D eigenvalue weighted by atomic mass is 10.2. The summed E-state index contributed by atoms with van der Waals surface area (Å²) in [6, 6.07) is 15.4. The predicted molar refractivity (Wildman–Crippen MR) is 91.1 cm³/mol. The van der Waals surface area contributed by atoms with E-state index < -0.39 is 0 Å². The number of hydrogen-bond donors (Lipinski definition) is 1. The maximum atomic E-state index is 5.30. The molecule has 0 aromatic heterocycles. The molecule has 0 heterocycles. The van der Waals surface area contributed by atoms with Crippen LogP contribution < -0.4 is 10.1 Å². The second kappa shape index (κ2) is 6.86. The molecule has 1 aliphatic rings. The van der Waals surface area contributed by atoms with Crippen LogP contribution >= 0.6 is 27.7 Å². The molecule has 1 aliphatic carbocycles. The van der Waals surface area contributed by atoms with Gasteiger partial charge in [0.25, 0.3) is 0 Å². The van der Waals surface area contributed by atoms with Crippen LogP contribution in [0, 0.1) is 0 Å². The molecule has 4 heteroatoms. The van der Waals surface area contributed by atoms with Gasteiger partial charge in [-0.05, 0) is 48.7 Å². The molecule has 110 valence electrons. The molecule has 1 N–H and O–H groups in total. The van der Waals surface area contributed by atoms with Crippen molar-refractivity contribution in [3.05, 3.63) is 52.5 Å². The van der Waals surface area contributed by atoms with Crippen LogP contribution in [0.15, 0.2) is 56.7 Å². The number of hydrogen-bond acceptors (Lipinski definition) is 3. The molecule has 2 nitrogen and oxygen atoms in total. The minimum Gasteiger partial charge on any atom is -0.497 e. The van der Waals surface area contributed by atoms with Gasteiger partial charge in [0.05, 0.1) is 7.11 Å². The SMILES string of the molecule is COc1cccc(Sc2cc(Br)ccc2CNC2CC2)c1. The largest absolute Gasteiger partial charge is 0.497 e. The first-order chi connectivity index (χ1) is 10.2. The first kappa shape index (κ1) is 14.9. The van der Waals surface area contributed by atoms with E-state index in [-0.39, 0.29) is 0 Å². The van der Waals surface area contributed by atoms with E-state index in [9.17, 15) is 0 Å². The highest BCUT2D eigenvalue weighted by molar-refractivity contribution is 9.10. The van der Waals surface area contributed by atoms with Crippen LogP contribution in [0.2, 0.25) is 0 Å². The molecular weight excluding hydrogens is 346 g/mol. The smallest absolute Gasteiger partial charge is 0.119 e. The fourth-order valence-electron chi connectivity index (χ4n) is 2.10. The standard InChI is InChI=1S/C17H18BrNOS/c1-20-15-3-2-4-16(10-15)21-17-9-13(18)6-5-12(17)11-19-14-7-8-14/h2-6,9-10,14,19H,7-8,11H2,1H3. The van der Waals surface area contributed by atoms with Crippen molar-refractivity contribution < 1.29 is 4.74 Å². The van der Waals surface area contributed by atoms with Crippen molar-refractivity contribution >= 4 is 27.7 Å². The third kappa shape index (κ3) is 4.25. The monoisotopic (exact) mass is 363 g/mol. The van der Waals surface area contributed by atoms with Gasteiger partial charge in [-0.3, -0.25) is 0 Å². The van der Waals surface area contributed by atoms with Gasteiger partial charge < -0.3 is 10.1 Å². The molecule has 0 spiro atoms. The van der Waals surface area contributed by atoms with E-state index in [0.29, 0.717) is 0 Å². The Bertz CT molecular complexity index is 628. The number of ether oxygens (including phenoxy) is 1. The Morgan fingerprint density at radius 2 is 2.10 bits per heavy atom. The van der Waals surface area contributed by atoms with Crippen molar-refractivity contribution in [3.63, 3.8) is 0 Å². The molecule has 2 aromatic carbocycles. The van der Waals surface area contributed by atoms with Gasteiger partial charge in [0, 0.05) is 26.9 Å². The lowest BCUT2D eigenvalue weighted by Crippen LogP contribution is -2.15. The average Bonchev–Trinajstić information content (AvgIpc) is 3.31. The molecule has 0 atom stereocenters. The van der Waals surface area contributed by atoms with Gasteiger partial charge in [-0.1, -0.05) is 39.8 Å². The average molecular weight is 364 g/mol. The van der Waals surface area contributed by atoms with Crippen LogP contribution in [-0.4, -0.2) is 13.2 Å². The number of benzene rings is 2. The quantitative estimate of drug-likeness (QED) is 0.791. The van der Waals surface area contributed by atoms with Gasteiger partial charge in [-0.2, -0.15) is 0 Å². The van der Waals surface area contributed by atoms with Crippen molar-refractivity contribution in [3.8, 4) is 5.75 Å². The number of rotatable bonds is 6. The normalized spacial score (nSPS) is 14.2. The van der Waals surface area contributed by atoms with E-state index in [0.717, 1.165) is 22.8 Å². The topological polar surface area (TPSA) is 21.3 Å². The van der Waals surface area contributed by atoms with Crippen LogP contribution in [0.4, 0.5) is 0 Å². The summed E-state index contributed by atoms with van der Waals surface area (Å²) in [7, 11) is 1.70. The summed E-state index contributed by atoms with van der Waals surface area (Å²) in [4.78, 5) is 2.48. The Kier molecular flexibility index (Phi) is 4.88. The molecule has 21 heavy (non-hydrogen) atoms. The first-order valence-corrected chi connectivity index (χ1v) is 8.69. The minimum atomic E-state index is 0.725. The zero-order chi connectivity index (χ0) is 14.7. The van der Waals surface area contributed by atoms with Gasteiger partial charge in [0.1, 0.15) is 5.75 Å². The molecule has 0 radical (unpaired) electrons. The lowest BCUT2D eigenvalue weighted by molar-refractivity contribution is 0.413. The summed E-state index contributed by atoms with van der Waals surface area (Å²) in [5.74, 6) is 0.896. The van der Waals surface area contributed by atoms with E-state index in [2.05, 4.69) is 51.6 Å². The van der Waals surface area contributed by atoms with Crippen LogP contribution in [0.3, 0.4) is 0 Å². The van der Waals surface area contributed by atoms with Gasteiger partial charge in [0.15, 0.2) is 0 Å². The summed E-state index contributed by atoms with van der Waals surface area (Å²) in [5.41, 5.74) is 1.35. The van der Waals surface area contributed by atoms with Gasteiger partial charge in [-0.15, -0.1) is 0 Å². The van der Waals surface area contributed by atoms with E-state index in [1.807, 2.05) is 12.1 Å². The van der Waals surface area contributed by atoms with Crippen molar-refractivity contribution in [2.45, 2.75) is 35.2 Å². The van der Waals surface area contributed by atoms with Gasteiger partial charge in [-0.25, -0.2) is 0 Å². The Morgan fingerprint density at radius 1 is 1.24 bits per heavy atom. The van der Waals surface area contributed by atoms with Crippen LogP contribution in [0.1, 0.15) is 18.4 Å². The molecule has 0 amide bonds. The van der Waals surface area contributed by atoms with E-state index in [1.54, 1.807) is 18.9 Å². The van der Waals surface area contributed by atoms with Crippen molar-refractivity contribution in [2.24, 2.45) is 0 Å². The van der Waals surface area contributed by atoms with Crippen LogP contribution in [-0.2, 0) is 6.54 Å². The first-order valence-electron chi connectivity index (χ1n) is 7.08. The zero-order valence-corrected chi connectivity index (χ0v) is 14.3. The molecule has 2 aromatic rings. The van der Waals surface area contributed by atoms with E-state index in [4.69, 9.17) is 4.74 Å². The van der Waals surface area contributed by atoms with E-state index in [1.165, 1.54) is 28.2 Å². The molecule has 0 unspecified atom stereocenters. The Labute approximate surface area is 138 Å². The van der Waals surface area contributed by atoms with Crippen molar-refractivity contribution in [2.75, 3.05) is 7.11 Å². The minimum absolute atomic E-state index is 0.725. The summed E-state index contributed by atoms with van der Waals surface area (Å²) >= 11 is 5.35. The summed E-state index contributed by atoms with van der Waals surface area (Å²) in [6.45, 7) is 0.935. The maximum Gasteiger partial charge on any atom is 0.119 e. The molecule has 3 rings (SSSR count). The van der Waals surface area contributed by atoms with Crippen molar-refractivity contribution in [1.82, 2.24) is 5.32 Å². The predicted octanol–water partition coefficient (Wildman–Crippen LogP) is 4.86. The second-order valence-corrected chi connectivity index (χ2v) is 7.22. The molecule has 0 bridgehead atoms. The fourth-order valence-corrected chi connectivity index (χ4v) is 3.65. The summed E-state index contributed by atoms with van der Waals surface area (Å²) in [5, 5.41) is 3.59. The van der Waals surface area contributed by atoms with Crippen molar-refractivity contribution in [1.29, 1.82) is 0 Å². The van der Waals surface area contributed by atoms with Crippen LogP contribution in [0.25, 0.3) is 0 Å². The number of halogens is 1. The van der Waals surface area contributed by atoms with Gasteiger partial charge in [0.2, 0.25) is 0 Å².